The lowest BCUT2D eigenvalue weighted by Gasteiger charge is -2.26. The Morgan fingerprint density at radius 2 is 1.80 bits per heavy atom. The highest BCUT2D eigenvalue weighted by molar-refractivity contribution is 5.94. The highest BCUT2D eigenvalue weighted by Gasteiger charge is 2.55. The standard InChI is InChI=1S/C22H19F3N4O/c1-2-21(30,22(23,24)25)20-14-29(28-27-20)13-15-8-9-18-17(10-11-26-19(18)12-15)16-6-4-3-5-7-16/h3-12,14,30H,2,13H2,1H3. The van der Waals surface area contributed by atoms with Crippen LogP contribution >= 0.6 is 0 Å². The van der Waals surface area contributed by atoms with Gasteiger partial charge in [0.2, 0.25) is 5.60 Å². The Morgan fingerprint density at radius 1 is 1.03 bits per heavy atom. The summed E-state index contributed by atoms with van der Waals surface area (Å²) in [6, 6.07) is 17.6. The molecule has 0 spiro atoms. The summed E-state index contributed by atoms with van der Waals surface area (Å²) in [5.41, 5.74) is 0.180. The fraction of sp³-hybridized carbons (Fsp3) is 0.227. The predicted octanol–water partition coefficient (Wildman–Crippen LogP) is 4.70. The lowest BCUT2D eigenvalue weighted by atomic mass is 9.96. The van der Waals surface area contributed by atoms with Crippen LogP contribution in [-0.4, -0.2) is 31.3 Å². The van der Waals surface area contributed by atoms with E-state index in [-0.39, 0.29) is 6.54 Å². The molecule has 0 radical (unpaired) electrons. The van der Waals surface area contributed by atoms with Crippen LogP contribution in [0.15, 0.2) is 67.0 Å². The van der Waals surface area contributed by atoms with Crippen molar-refractivity contribution in [1.82, 2.24) is 20.0 Å². The summed E-state index contributed by atoms with van der Waals surface area (Å²) >= 11 is 0. The molecule has 0 aliphatic rings. The van der Waals surface area contributed by atoms with Crippen LogP contribution in [0.4, 0.5) is 13.2 Å². The van der Waals surface area contributed by atoms with Crippen molar-refractivity contribution < 1.29 is 18.3 Å². The van der Waals surface area contributed by atoms with Crippen LogP contribution < -0.4 is 0 Å². The largest absolute Gasteiger partial charge is 0.423 e. The first-order valence-corrected chi connectivity index (χ1v) is 9.44. The Bertz CT molecular complexity index is 1170. The molecule has 0 aliphatic heterocycles. The molecular weight excluding hydrogens is 393 g/mol. The van der Waals surface area contributed by atoms with Crippen LogP contribution in [0.25, 0.3) is 22.0 Å². The van der Waals surface area contributed by atoms with Crippen LogP contribution in [0.5, 0.6) is 0 Å². The van der Waals surface area contributed by atoms with Gasteiger partial charge in [0.25, 0.3) is 0 Å². The van der Waals surface area contributed by atoms with Gasteiger partial charge in [0.15, 0.2) is 0 Å². The van der Waals surface area contributed by atoms with Gasteiger partial charge in [0.05, 0.1) is 18.3 Å². The second-order valence-electron chi connectivity index (χ2n) is 7.09. The molecule has 1 unspecified atom stereocenters. The molecule has 0 saturated heterocycles. The van der Waals surface area contributed by atoms with E-state index in [1.807, 2.05) is 54.6 Å². The molecule has 1 atom stereocenters. The highest BCUT2D eigenvalue weighted by atomic mass is 19.4. The quantitative estimate of drug-likeness (QED) is 0.516. The molecule has 0 amide bonds. The van der Waals surface area contributed by atoms with Crippen molar-refractivity contribution in [3.05, 3.63) is 78.2 Å². The van der Waals surface area contributed by atoms with Crippen LogP contribution in [-0.2, 0) is 12.1 Å². The topological polar surface area (TPSA) is 63.8 Å². The van der Waals surface area contributed by atoms with E-state index < -0.39 is 23.9 Å². The number of alkyl halides is 3. The third-order valence-corrected chi connectivity index (χ3v) is 5.18. The van der Waals surface area contributed by atoms with Crippen molar-refractivity contribution in [1.29, 1.82) is 0 Å². The molecule has 2 aromatic heterocycles. The van der Waals surface area contributed by atoms with E-state index in [2.05, 4.69) is 15.3 Å². The van der Waals surface area contributed by atoms with Crippen LogP contribution in [0.1, 0.15) is 24.6 Å². The summed E-state index contributed by atoms with van der Waals surface area (Å²) in [5.74, 6) is 0. The molecule has 4 rings (SSSR count). The second-order valence-corrected chi connectivity index (χ2v) is 7.09. The molecule has 154 valence electrons. The molecule has 30 heavy (non-hydrogen) atoms. The average Bonchev–Trinajstić information content (AvgIpc) is 3.21. The lowest BCUT2D eigenvalue weighted by molar-refractivity contribution is -0.269. The van der Waals surface area contributed by atoms with Crippen molar-refractivity contribution in [2.75, 3.05) is 0 Å². The van der Waals surface area contributed by atoms with Gasteiger partial charge < -0.3 is 5.11 Å². The molecular formula is C22H19F3N4O. The Morgan fingerprint density at radius 3 is 2.50 bits per heavy atom. The maximum absolute atomic E-state index is 13.2. The average molecular weight is 412 g/mol. The molecule has 5 nitrogen and oxygen atoms in total. The summed E-state index contributed by atoms with van der Waals surface area (Å²) in [7, 11) is 0. The van der Waals surface area contributed by atoms with Crippen LogP contribution in [0.2, 0.25) is 0 Å². The van der Waals surface area contributed by atoms with E-state index >= 15 is 0 Å². The van der Waals surface area contributed by atoms with E-state index in [0.29, 0.717) is 0 Å². The minimum Gasteiger partial charge on any atom is -0.375 e. The third kappa shape index (κ3) is 3.54. The fourth-order valence-electron chi connectivity index (χ4n) is 3.44. The molecule has 0 bridgehead atoms. The summed E-state index contributed by atoms with van der Waals surface area (Å²) in [5, 5.41) is 18.3. The summed E-state index contributed by atoms with van der Waals surface area (Å²) in [6.45, 7) is 1.46. The molecule has 2 aromatic carbocycles. The smallest absolute Gasteiger partial charge is 0.375 e. The normalized spacial score (nSPS) is 14.0. The SMILES string of the molecule is CCC(O)(c1cn(Cc2ccc3c(-c4ccccc4)ccnc3c2)nn1)C(F)(F)F. The summed E-state index contributed by atoms with van der Waals surface area (Å²) < 4.78 is 41.0. The lowest BCUT2D eigenvalue weighted by Crippen LogP contribution is -2.42. The molecule has 4 aromatic rings. The number of pyridine rings is 1. The first kappa shape index (κ1) is 20.0. The number of benzene rings is 2. The minimum absolute atomic E-state index is 0.206. The van der Waals surface area contributed by atoms with E-state index in [0.717, 1.165) is 33.8 Å². The first-order chi connectivity index (χ1) is 14.3. The number of aromatic nitrogens is 4. The maximum atomic E-state index is 13.2. The van der Waals surface area contributed by atoms with Crippen molar-refractivity contribution in [3.8, 4) is 11.1 Å². The van der Waals surface area contributed by atoms with E-state index in [1.165, 1.54) is 11.6 Å². The zero-order valence-corrected chi connectivity index (χ0v) is 16.1. The van der Waals surface area contributed by atoms with Gasteiger partial charge in [0.1, 0.15) is 5.69 Å². The van der Waals surface area contributed by atoms with Crippen molar-refractivity contribution in [2.24, 2.45) is 0 Å². The van der Waals surface area contributed by atoms with Crippen LogP contribution in [0, 0.1) is 0 Å². The van der Waals surface area contributed by atoms with E-state index in [4.69, 9.17) is 0 Å². The molecule has 0 saturated carbocycles. The number of fused-ring (bicyclic) bond motifs is 1. The number of nitrogens with zero attached hydrogens (tertiary/aromatic N) is 4. The number of hydrogen-bond donors (Lipinski definition) is 1. The first-order valence-electron chi connectivity index (χ1n) is 9.44. The predicted molar refractivity (Wildman–Crippen MR) is 107 cm³/mol. The van der Waals surface area contributed by atoms with Crippen molar-refractivity contribution in [3.63, 3.8) is 0 Å². The zero-order valence-electron chi connectivity index (χ0n) is 16.1. The molecule has 2 heterocycles. The maximum Gasteiger partial charge on any atom is 0.423 e. The van der Waals surface area contributed by atoms with Gasteiger partial charge >= 0.3 is 6.18 Å². The second kappa shape index (κ2) is 7.53. The Hall–Kier alpha value is -3.26. The Labute approximate surface area is 170 Å². The minimum atomic E-state index is -4.83. The zero-order chi connectivity index (χ0) is 21.4. The molecule has 0 aliphatic carbocycles. The van der Waals surface area contributed by atoms with Gasteiger partial charge in [-0.2, -0.15) is 13.2 Å². The van der Waals surface area contributed by atoms with Crippen molar-refractivity contribution in [2.45, 2.75) is 31.7 Å². The molecule has 1 N–H and O–H groups in total. The van der Waals surface area contributed by atoms with Crippen LogP contribution in [0.3, 0.4) is 0 Å². The number of halogens is 3. The third-order valence-electron chi connectivity index (χ3n) is 5.18. The fourth-order valence-corrected chi connectivity index (χ4v) is 3.44. The summed E-state index contributed by atoms with van der Waals surface area (Å²) in [6.07, 6.45) is -2.51. The van der Waals surface area contributed by atoms with E-state index in [9.17, 15) is 18.3 Å². The summed E-state index contributed by atoms with van der Waals surface area (Å²) in [4.78, 5) is 4.43. The Kier molecular flexibility index (Phi) is 5.03. The molecule has 0 fully saturated rings. The van der Waals surface area contributed by atoms with Gasteiger partial charge in [-0.3, -0.25) is 4.98 Å². The van der Waals surface area contributed by atoms with Gasteiger partial charge in [0, 0.05) is 11.6 Å². The Balaban J connectivity index is 1.64. The van der Waals surface area contributed by atoms with Gasteiger partial charge in [-0.05, 0) is 35.2 Å². The van der Waals surface area contributed by atoms with Gasteiger partial charge in [-0.25, -0.2) is 4.68 Å². The van der Waals surface area contributed by atoms with Gasteiger partial charge in [-0.15, -0.1) is 5.10 Å². The van der Waals surface area contributed by atoms with E-state index in [1.54, 1.807) is 6.20 Å². The monoisotopic (exact) mass is 412 g/mol. The van der Waals surface area contributed by atoms with Crippen molar-refractivity contribution >= 4 is 10.9 Å². The number of rotatable bonds is 5. The number of aliphatic hydroxyl groups is 1. The highest BCUT2D eigenvalue weighted by Crippen LogP contribution is 2.40. The number of hydrogen-bond acceptors (Lipinski definition) is 4. The van der Waals surface area contributed by atoms with Gasteiger partial charge in [-0.1, -0.05) is 54.6 Å². The molecule has 8 heteroatoms.